The Morgan fingerprint density at radius 1 is 0.891 bits per heavy atom. The van der Waals surface area contributed by atoms with Crippen LogP contribution in [0.1, 0.15) is 40.5 Å². The average Bonchev–Trinajstić information content (AvgIpc) is 3.64. The van der Waals surface area contributed by atoms with Gasteiger partial charge in [-0.1, -0.05) is 53.3 Å². The molecule has 1 saturated heterocycles. The van der Waals surface area contributed by atoms with E-state index in [0.29, 0.717) is 37.1 Å². The minimum Gasteiger partial charge on any atom is -0.379 e. The van der Waals surface area contributed by atoms with E-state index in [0.717, 1.165) is 77.5 Å². The zero-order valence-electron chi connectivity index (χ0n) is 25.8. The molecular formula is C33H37N9O3S. The Hall–Kier alpha value is -4.59. The van der Waals surface area contributed by atoms with Gasteiger partial charge in [-0.05, 0) is 56.0 Å². The maximum atomic E-state index is 13.1. The van der Waals surface area contributed by atoms with Crippen LogP contribution in [-0.4, -0.2) is 73.0 Å². The molecule has 4 heterocycles. The largest absolute Gasteiger partial charge is 0.379 e. The van der Waals surface area contributed by atoms with Crippen molar-refractivity contribution in [2.75, 3.05) is 36.9 Å². The molecule has 1 fully saturated rings. The third-order valence-electron chi connectivity index (χ3n) is 7.73. The molecule has 0 aliphatic carbocycles. The van der Waals surface area contributed by atoms with E-state index in [1.54, 1.807) is 6.07 Å². The number of anilines is 2. The fraction of sp³-hybridized carbons (Fsp3) is 0.364. The lowest BCUT2D eigenvalue weighted by molar-refractivity contribution is -0.117. The topological polar surface area (TPSA) is 140 Å². The maximum Gasteiger partial charge on any atom is 0.246 e. The highest BCUT2D eigenvalue weighted by Crippen LogP contribution is 2.21. The summed E-state index contributed by atoms with van der Waals surface area (Å²) in [4.78, 5) is 32.6. The third-order valence-corrected chi connectivity index (χ3v) is 8.62. The molecule has 1 aliphatic heterocycles. The molecule has 5 aromatic rings. The molecule has 6 rings (SSSR count). The number of rotatable bonds is 13. The molecule has 0 bridgehead atoms. The Kier molecular flexibility index (Phi) is 10.3. The summed E-state index contributed by atoms with van der Waals surface area (Å²) in [5.74, 6) is 1.02. The summed E-state index contributed by atoms with van der Waals surface area (Å²) in [5.41, 5.74) is 4.75. The van der Waals surface area contributed by atoms with E-state index >= 15 is 0 Å². The fourth-order valence-electron chi connectivity index (χ4n) is 5.43. The standard InChI is InChI=1S/C33H37N9O3S/c1-23-7-6-8-24(19-23)20-30(43)35-28-14-13-25(37-38-28)9-2-5-12-32-39-40-33(46-32)36-31(44)22-42-27-11-4-3-10-26(27)34-29(42)21-41-15-17-45-18-16-41/h3-4,6-8,10-11,13-14,19H,2,5,9,12,15-18,20-22H2,1H3,(H,35,38,43)(H,36,40,44). The van der Waals surface area contributed by atoms with Crippen molar-refractivity contribution in [2.24, 2.45) is 0 Å². The van der Waals surface area contributed by atoms with Crippen molar-refractivity contribution in [3.63, 3.8) is 0 Å². The number of para-hydroxylation sites is 2. The van der Waals surface area contributed by atoms with Crippen LogP contribution >= 0.6 is 11.3 Å². The van der Waals surface area contributed by atoms with Crippen LogP contribution in [0.4, 0.5) is 10.9 Å². The quantitative estimate of drug-likeness (QED) is 0.181. The number of nitrogens with zero attached hydrogens (tertiary/aromatic N) is 7. The van der Waals surface area contributed by atoms with Crippen molar-refractivity contribution in [2.45, 2.75) is 52.1 Å². The van der Waals surface area contributed by atoms with Crippen LogP contribution in [0, 0.1) is 6.92 Å². The molecule has 3 aromatic heterocycles. The zero-order chi connectivity index (χ0) is 31.7. The van der Waals surface area contributed by atoms with Crippen molar-refractivity contribution in [1.29, 1.82) is 0 Å². The highest BCUT2D eigenvalue weighted by molar-refractivity contribution is 7.15. The van der Waals surface area contributed by atoms with Gasteiger partial charge in [0.15, 0.2) is 5.82 Å². The van der Waals surface area contributed by atoms with Gasteiger partial charge in [0.2, 0.25) is 16.9 Å². The Morgan fingerprint density at radius 3 is 2.57 bits per heavy atom. The van der Waals surface area contributed by atoms with Gasteiger partial charge >= 0.3 is 0 Å². The van der Waals surface area contributed by atoms with Gasteiger partial charge in [0.25, 0.3) is 0 Å². The van der Waals surface area contributed by atoms with Crippen LogP contribution in [0.2, 0.25) is 0 Å². The number of hydrogen-bond donors (Lipinski definition) is 2. The number of amides is 2. The summed E-state index contributed by atoms with van der Waals surface area (Å²) in [6.07, 6.45) is 3.60. The Morgan fingerprint density at radius 2 is 1.74 bits per heavy atom. The molecule has 0 saturated carbocycles. The molecule has 0 spiro atoms. The first-order valence-electron chi connectivity index (χ1n) is 15.5. The summed E-state index contributed by atoms with van der Waals surface area (Å²) in [6.45, 7) is 5.91. The minimum atomic E-state index is -0.164. The maximum absolute atomic E-state index is 13.1. The number of hydrogen-bond acceptors (Lipinski definition) is 10. The normalized spacial score (nSPS) is 13.6. The molecular weight excluding hydrogens is 602 g/mol. The van der Waals surface area contributed by atoms with Crippen LogP contribution < -0.4 is 10.6 Å². The number of carbonyl (C=O) groups is 2. The van der Waals surface area contributed by atoms with Gasteiger partial charge in [0, 0.05) is 19.5 Å². The van der Waals surface area contributed by atoms with Crippen LogP contribution in [0.3, 0.4) is 0 Å². The van der Waals surface area contributed by atoms with Crippen molar-refractivity contribution in [3.05, 3.63) is 88.3 Å². The highest BCUT2D eigenvalue weighted by Gasteiger charge is 2.19. The number of unbranched alkanes of at least 4 members (excludes halogenated alkanes) is 1. The number of ether oxygens (including phenoxy) is 1. The number of imidazole rings is 1. The van der Waals surface area contributed by atoms with Gasteiger partial charge in [-0.15, -0.1) is 15.3 Å². The lowest BCUT2D eigenvalue weighted by Crippen LogP contribution is -2.36. The number of carbonyl (C=O) groups excluding carboxylic acids is 2. The van der Waals surface area contributed by atoms with Crippen molar-refractivity contribution in [1.82, 2.24) is 34.8 Å². The van der Waals surface area contributed by atoms with E-state index in [4.69, 9.17) is 9.72 Å². The summed E-state index contributed by atoms with van der Waals surface area (Å²) in [7, 11) is 0. The summed E-state index contributed by atoms with van der Waals surface area (Å²) < 4.78 is 7.46. The van der Waals surface area contributed by atoms with Crippen molar-refractivity contribution >= 4 is 45.1 Å². The number of benzene rings is 2. The minimum absolute atomic E-state index is 0.121. The van der Waals surface area contributed by atoms with E-state index in [1.807, 2.05) is 66.1 Å². The SMILES string of the molecule is Cc1cccc(CC(=O)Nc2ccc(CCCCc3nnc(NC(=O)Cn4c(CN5CCOCC5)nc5ccccc54)s3)nn2)c1. The van der Waals surface area contributed by atoms with Crippen molar-refractivity contribution < 1.29 is 14.3 Å². The lowest BCUT2D eigenvalue weighted by Gasteiger charge is -2.26. The Balaban J connectivity index is 0.946. The van der Waals surface area contributed by atoms with Gasteiger partial charge in [0.1, 0.15) is 17.4 Å². The van der Waals surface area contributed by atoms with Crippen LogP contribution in [0.25, 0.3) is 11.0 Å². The van der Waals surface area contributed by atoms with E-state index in [1.165, 1.54) is 11.3 Å². The molecule has 2 N–H and O–H groups in total. The molecule has 2 amide bonds. The first kappa shape index (κ1) is 31.4. The van der Waals surface area contributed by atoms with Crippen LogP contribution in [0.5, 0.6) is 0 Å². The van der Waals surface area contributed by atoms with E-state index in [-0.39, 0.29) is 18.4 Å². The number of nitrogens with one attached hydrogen (secondary N) is 2. The molecule has 12 nitrogen and oxygen atoms in total. The van der Waals surface area contributed by atoms with Crippen LogP contribution in [-0.2, 0) is 46.7 Å². The second-order valence-electron chi connectivity index (χ2n) is 11.4. The molecule has 46 heavy (non-hydrogen) atoms. The molecule has 1 aliphatic rings. The first-order valence-corrected chi connectivity index (χ1v) is 16.3. The predicted octanol–water partition coefficient (Wildman–Crippen LogP) is 4.20. The van der Waals surface area contributed by atoms with Gasteiger partial charge < -0.3 is 14.6 Å². The van der Waals surface area contributed by atoms with E-state index in [2.05, 4.69) is 35.9 Å². The molecule has 238 valence electrons. The smallest absolute Gasteiger partial charge is 0.246 e. The zero-order valence-corrected chi connectivity index (χ0v) is 26.6. The molecule has 0 unspecified atom stereocenters. The monoisotopic (exact) mass is 639 g/mol. The van der Waals surface area contributed by atoms with Crippen LogP contribution in [0.15, 0.2) is 60.7 Å². The number of aryl methyl sites for hydroxylation is 3. The molecule has 0 radical (unpaired) electrons. The summed E-state index contributed by atoms with van der Waals surface area (Å²) in [5, 5.41) is 24.0. The number of morpholine rings is 1. The van der Waals surface area contributed by atoms with Crippen molar-refractivity contribution in [3.8, 4) is 0 Å². The molecule has 0 atom stereocenters. The van der Waals surface area contributed by atoms with Gasteiger partial charge in [-0.3, -0.25) is 19.8 Å². The number of fused-ring (bicyclic) bond motifs is 1. The third kappa shape index (κ3) is 8.56. The lowest BCUT2D eigenvalue weighted by atomic mass is 10.1. The van der Waals surface area contributed by atoms with E-state index in [9.17, 15) is 9.59 Å². The first-order chi connectivity index (χ1) is 22.5. The van der Waals surface area contributed by atoms with Gasteiger partial charge in [-0.25, -0.2) is 4.98 Å². The molecule has 13 heteroatoms. The van der Waals surface area contributed by atoms with E-state index < -0.39 is 0 Å². The Bertz CT molecular complexity index is 1780. The Labute approximate surface area is 271 Å². The van der Waals surface area contributed by atoms with Gasteiger partial charge in [0.05, 0.1) is 42.9 Å². The fourth-order valence-corrected chi connectivity index (χ4v) is 6.22. The molecule has 2 aromatic carbocycles. The second kappa shape index (κ2) is 15.1. The second-order valence-corrected chi connectivity index (χ2v) is 12.4. The van der Waals surface area contributed by atoms with Gasteiger partial charge in [-0.2, -0.15) is 5.10 Å². The highest BCUT2D eigenvalue weighted by atomic mass is 32.1. The summed E-state index contributed by atoms with van der Waals surface area (Å²) in [6, 6.07) is 19.5. The number of aromatic nitrogens is 6. The summed E-state index contributed by atoms with van der Waals surface area (Å²) >= 11 is 1.40. The predicted molar refractivity (Wildman–Crippen MR) is 177 cm³/mol. The average molecular weight is 640 g/mol.